The number of aromatic nitrogens is 4. The van der Waals surface area contributed by atoms with Gasteiger partial charge in [-0.2, -0.15) is 0 Å². The minimum Gasteiger partial charge on any atom is -0.481 e. The summed E-state index contributed by atoms with van der Waals surface area (Å²) >= 11 is 0. The first-order chi connectivity index (χ1) is 13.6. The lowest BCUT2D eigenvalue weighted by Gasteiger charge is -2.13. The van der Waals surface area contributed by atoms with Gasteiger partial charge in [-0.15, -0.1) is 0 Å². The number of carboxylic acids is 1. The van der Waals surface area contributed by atoms with Gasteiger partial charge in [0.15, 0.2) is 5.82 Å². The summed E-state index contributed by atoms with van der Waals surface area (Å²) in [7, 11) is 0. The quantitative estimate of drug-likeness (QED) is 0.649. The summed E-state index contributed by atoms with van der Waals surface area (Å²) in [6.07, 6.45) is 1.81. The van der Waals surface area contributed by atoms with Crippen LogP contribution < -0.4 is 11.0 Å². The summed E-state index contributed by atoms with van der Waals surface area (Å²) in [6.45, 7) is 3.13. The second-order valence-corrected chi connectivity index (χ2v) is 7.13. The first-order valence-electron chi connectivity index (χ1n) is 9.59. The predicted octanol–water partition coefficient (Wildman–Crippen LogP) is 2.01. The molecule has 0 aliphatic carbocycles. The summed E-state index contributed by atoms with van der Waals surface area (Å²) in [5, 5.41) is 12.4. The maximum Gasteiger partial charge on any atom is 0.331 e. The largest absolute Gasteiger partial charge is 0.481 e. The van der Waals surface area contributed by atoms with Crippen LogP contribution in [0.4, 0.5) is 5.82 Å². The fourth-order valence-corrected chi connectivity index (χ4v) is 3.73. The van der Waals surface area contributed by atoms with Crippen LogP contribution in [-0.2, 0) is 30.7 Å². The number of hydrogen-bond acceptors (Lipinski definition) is 5. The molecule has 0 spiro atoms. The van der Waals surface area contributed by atoms with Gasteiger partial charge >= 0.3 is 11.7 Å². The number of aliphatic carboxylic acids is 1. The monoisotopic (exact) mass is 381 g/mol. The van der Waals surface area contributed by atoms with E-state index in [-0.39, 0.29) is 24.6 Å². The van der Waals surface area contributed by atoms with Crippen molar-refractivity contribution < 1.29 is 9.90 Å². The van der Waals surface area contributed by atoms with E-state index in [9.17, 15) is 9.59 Å². The molecule has 0 radical (unpaired) electrons. The number of imidazole rings is 1. The number of nitrogens with one attached hydrogen (secondary N) is 1. The average Bonchev–Trinajstić information content (AvgIpc) is 3.28. The summed E-state index contributed by atoms with van der Waals surface area (Å²) < 4.78 is 3.39. The van der Waals surface area contributed by atoms with Gasteiger partial charge in [-0.25, -0.2) is 14.8 Å². The Morgan fingerprint density at radius 3 is 2.79 bits per heavy atom. The van der Waals surface area contributed by atoms with E-state index < -0.39 is 5.97 Å². The molecule has 4 rings (SSSR count). The zero-order valence-electron chi connectivity index (χ0n) is 15.8. The third-order valence-electron chi connectivity index (χ3n) is 4.98. The van der Waals surface area contributed by atoms with E-state index in [1.807, 2.05) is 25.1 Å². The number of nitrogens with zero attached hydrogens (tertiary/aromatic N) is 4. The molecule has 3 heterocycles. The number of aryl methyl sites for hydroxylation is 1. The SMILES string of the molecule is CCCn1c2nc(CCC(=O)O)nc-2c2n(c1=O)C[C@@H](Cc1ccccc1)N2. The first-order valence-corrected chi connectivity index (χ1v) is 9.59. The van der Waals surface area contributed by atoms with Crippen molar-refractivity contribution in [3.8, 4) is 11.5 Å². The molecule has 0 fully saturated rings. The third-order valence-corrected chi connectivity index (χ3v) is 4.98. The van der Waals surface area contributed by atoms with Crippen LogP contribution in [0.15, 0.2) is 35.1 Å². The number of benzene rings is 1. The molecule has 1 aromatic rings. The lowest BCUT2D eigenvalue weighted by Crippen LogP contribution is -2.32. The van der Waals surface area contributed by atoms with Crippen LogP contribution in [0.5, 0.6) is 0 Å². The van der Waals surface area contributed by atoms with E-state index in [1.54, 1.807) is 9.13 Å². The maximum absolute atomic E-state index is 13.1. The molecule has 0 saturated carbocycles. The molecule has 0 unspecified atom stereocenters. The van der Waals surface area contributed by atoms with Crippen molar-refractivity contribution in [2.75, 3.05) is 5.32 Å². The third kappa shape index (κ3) is 3.37. The molecule has 146 valence electrons. The number of carbonyl (C=O) groups is 1. The van der Waals surface area contributed by atoms with Crippen molar-refractivity contribution in [2.24, 2.45) is 0 Å². The lowest BCUT2D eigenvalue weighted by molar-refractivity contribution is -0.137. The Bertz CT molecular complexity index is 1020. The van der Waals surface area contributed by atoms with Gasteiger partial charge in [0.2, 0.25) is 0 Å². The molecule has 3 aliphatic heterocycles. The Kier molecular flexibility index (Phi) is 4.85. The minimum atomic E-state index is -0.888. The van der Waals surface area contributed by atoms with E-state index in [4.69, 9.17) is 5.11 Å². The van der Waals surface area contributed by atoms with Gasteiger partial charge in [0.25, 0.3) is 0 Å². The van der Waals surface area contributed by atoms with Crippen molar-refractivity contribution >= 4 is 11.8 Å². The van der Waals surface area contributed by atoms with Gasteiger partial charge in [0, 0.05) is 25.6 Å². The Hall–Kier alpha value is -3.16. The average molecular weight is 381 g/mol. The molecular formula is C20H23N5O3. The highest BCUT2D eigenvalue weighted by Gasteiger charge is 2.31. The molecule has 0 saturated heterocycles. The van der Waals surface area contributed by atoms with Crippen molar-refractivity contribution in [3.05, 3.63) is 52.2 Å². The van der Waals surface area contributed by atoms with Gasteiger partial charge < -0.3 is 10.4 Å². The number of rotatable bonds is 7. The van der Waals surface area contributed by atoms with Crippen LogP contribution in [-0.4, -0.2) is 36.2 Å². The Morgan fingerprint density at radius 1 is 1.29 bits per heavy atom. The van der Waals surface area contributed by atoms with Crippen LogP contribution in [0.25, 0.3) is 11.5 Å². The molecular weight excluding hydrogens is 358 g/mol. The van der Waals surface area contributed by atoms with Crippen LogP contribution in [0.2, 0.25) is 0 Å². The lowest BCUT2D eigenvalue weighted by atomic mass is 10.1. The second-order valence-electron chi connectivity index (χ2n) is 7.13. The van der Waals surface area contributed by atoms with Crippen molar-refractivity contribution in [1.29, 1.82) is 0 Å². The Balaban J connectivity index is 1.71. The van der Waals surface area contributed by atoms with Crippen LogP contribution in [0.3, 0.4) is 0 Å². The van der Waals surface area contributed by atoms with Crippen molar-refractivity contribution in [1.82, 2.24) is 19.1 Å². The molecule has 28 heavy (non-hydrogen) atoms. The van der Waals surface area contributed by atoms with Crippen LogP contribution in [0.1, 0.15) is 31.2 Å². The highest BCUT2D eigenvalue weighted by Crippen LogP contribution is 2.31. The number of carboxylic acid groups (broad SMARTS) is 1. The molecule has 0 amide bonds. The van der Waals surface area contributed by atoms with Crippen LogP contribution in [0, 0.1) is 0 Å². The topological polar surface area (TPSA) is 102 Å². The summed E-state index contributed by atoms with van der Waals surface area (Å²) in [5.41, 5.74) is 1.75. The smallest absolute Gasteiger partial charge is 0.331 e. The van der Waals surface area contributed by atoms with E-state index in [0.717, 1.165) is 12.8 Å². The molecule has 3 aliphatic rings. The number of anilines is 1. The summed E-state index contributed by atoms with van der Waals surface area (Å²) in [5.74, 6) is 0.790. The second kappa shape index (κ2) is 7.46. The molecule has 1 atom stereocenters. The summed E-state index contributed by atoms with van der Waals surface area (Å²) in [4.78, 5) is 33.0. The van der Waals surface area contributed by atoms with E-state index in [0.29, 0.717) is 36.3 Å². The predicted molar refractivity (Wildman–Crippen MR) is 105 cm³/mol. The van der Waals surface area contributed by atoms with E-state index in [1.165, 1.54) is 5.56 Å². The fourth-order valence-electron chi connectivity index (χ4n) is 3.73. The van der Waals surface area contributed by atoms with E-state index in [2.05, 4.69) is 27.4 Å². The van der Waals surface area contributed by atoms with Gasteiger partial charge in [-0.05, 0) is 18.4 Å². The summed E-state index contributed by atoms with van der Waals surface area (Å²) in [6, 6.07) is 10.2. The first kappa shape index (κ1) is 18.2. The maximum atomic E-state index is 13.1. The number of hydrogen-bond donors (Lipinski definition) is 2. The van der Waals surface area contributed by atoms with Crippen LogP contribution >= 0.6 is 0 Å². The molecule has 2 N–H and O–H groups in total. The Labute approximate surface area is 162 Å². The van der Waals surface area contributed by atoms with Gasteiger partial charge in [0.05, 0.1) is 6.42 Å². The standard InChI is InChI=1S/C20H23N5O3/c1-2-10-24-19-17(22-15(23-19)8-9-16(26)27)18-21-14(12-25(18)20(24)28)11-13-6-4-3-5-7-13/h3-7,14,21H,2,8-12H2,1H3,(H,26,27)/t14-/m1/s1. The zero-order chi connectivity index (χ0) is 19.7. The van der Waals surface area contributed by atoms with Crippen molar-refractivity contribution in [2.45, 2.75) is 51.7 Å². The van der Waals surface area contributed by atoms with Gasteiger partial charge in [-0.1, -0.05) is 37.3 Å². The van der Waals surface area contributed by atoms with Gasteiger partial charge in [0.1, 0.15) is 17.3 Å². The normalized spacial score (nSPS) is 15.5. The molecule has 8 heteroatoms. The zero-order valence-corrected chi connectivity index (χ0v) is 15.8. The number of fused-ring (bicyclic) bond motifs is 3. The highest BCUT2D eigenvalue weighted by atomic mass is 16.4. The molecule has 8 nitrogen and oxygen atoms in total. The minimum absolute atomic E-state index is 0.0340. The van der Waals surface area contributed by atoms with Gasteiger partial charge in [-0.3, -0.25) is 13.9 Å². The highest BCUT2D eigenvalue weighted by molar-refractivity contribution is 5.70. The van der Waals surface area contributed by atoms with Crippen molar-refractivity contribution in [3.63, 3.8) is 0 Å². The van der Waals surface area contributed by atoms with E-state index >= 15 is 0 Å². The molecule has 0 bridgehead atoms. The fraction of sp³-hybridized carbons (Fsp3) is 0.400. The molecule has 0 aromatic heterocycles. The molecule has 1 aromatic carbocycles. The Morgan fingerprint density at radius 2 is 2.07 bits per heavy atom.